The van der Waals surface area contributed by atoms with Crippen LogP contribution in [0.3, 0.4) is 0 Å². The molecule has 1 aromatic heterocycles. The third kappa shape index (κ3) is 18.6. The summed E-state index contributed by atoms with van der Waals surface area (Å²) in [6, 6.07) is -4.31. The molecule has 9 unspecified atom stereocenters. The van der Waals surface area contributed by atoms with E-state index in [2.05, 4.69) is 47.2 Å². The Labute approximate surface area is 421 Å². The van der Waals surface area contributed by atoms with Gasteiger partial charge in [0.2, 0.25) is 53.2 Å². The number of likely N-dealkylation sites (tertiary alicyclic amines) is 1. The molecule has 2 aromatic rings. The number of carbonyl (C=O) groups excluding carboxylic acids is 9. The Balaban J connectivity index is 1.82. The third-order valence-corrected chi connectivity index (χ3v) is 11.9. The maximum atomic E-state index is 14.4. The fraction of sp³-hybridized carbons (Fsp3) is 0.574. The first-order valence-corrected chi connectivity index (χ1v) is 23.9. The van der Waals surface area contributed by atoms with Crippen LogP contribution in [0.15, 0.2) is 42.9 Å². The molecule has 15 N–H and O–H groups in total. The number of carbonyl (C=O) groups is 11. The second kappa shape index (κ2) is 28.5. The SMILES string of the molecule is CC(C)C(NC(=O)C(CO)NC(=O)C(Cc1ccccc1)NC(=O)C1CCCN1C(=O)C(NC(=O)C(CCC(N)=O)NC(=O)C(CC(=O)O)NC(=O)C(NC(=O)C(N)Cc1cnc[nH]1)C(C)C)C(C)C)C(=O)O. The van der Waals surface area contributed by atoms with Gasteiger partial charge in [-0.3, -0.25) is 47.9 Å². The number of aromatic nitrogens is 2. The Morgan fingerprint density at radius 3 is 1.78 bits per heavy atom. The molecule has 73 heavy (non-hydrogen) atoms. The van der Waals surface area contributed by atoms with Crippen molar-refractivity contribution in [3.05, 3.63) is 54.1 Å². The Hall–Kier alpha value is -7.48. The van der Waals surface area contributed by atoms with Crippen LogP contribution in [0.1, 0.15) is 84.9 Å². The Morgan fingerprint density at radius 2 is 1.23 bits per heavy atom. The number of benzene rings is 1. The molecular formula is C47H70N12O14. The van der Waals surface area contributed by atoms with E-state index in [9.17, 15) is 68.1 Å². The number of H-pyrrole nitrogens is 1. The molecule has 9 atom stereocenters. The molecule has 3 rings (SSSR count). The van der Waals surface area contributed by atoms with Gasteiger partial charge >= 0.3 is 11.9 Å². The predicted molar refractivity (Wildman–Crippen MR) is 259 cm³/mol. The van der Waals surface area contributed by atoms with Crippen LogP contribution in [0, 0.1) is 17.8 Å². The van der Waals surface area contributed by atoms with E-state index in [-0.39, 0.29) is 25.8 Å². The molecule has 26 nitrogen and oxygen atoms in total. The molecular weight excluding hydrogens is 957 g/mol. The number of nitrogens with zero attached hydrogens (tertiary/aromatic N) is 2. The summed E-state index contributed by atoms with van der Waals surface area (Å²) >= 11 is 0. The minimum Gasteiger partial charge on any atom is -0.481 e. The lowest BCUT2D eigenvalue weighted by Gasteiger charge is -2.32. The topological polar surface area (TPSA) is 417 Å². The smallest absolute Gasteiger partial charge is 0.326 e. The summed E-state index contributed by atoms with van der Waals surface area (Å²) in [5.41, 5.74) is 12.6. The lowest BCUT2D eigenvalue weighted by atomic mass is 10.00. The summed E-state index contributed by atoms with van der Waals surface area (Å²) in [4.78, 5) is 153. The monoisotopic (exact) mass is 1030 g/mol. The van der Waals surface area contributed by atoms with E-state index in [0.717, 1.165) is 0 Å². The first-order valence-electron chi connectivity index (χ1n) is 23.9. The van der Waals surface area contributed by atoms with Gasteiger partial charge in [0.15, 0.2) is 0 Å². The van der Waals surface area contributed by atoms with Crippen molar-refractivity contribution in [2.45, 2.75) is 141 Å². The van der Waals surface area contributed by atoms with Crippen LogP contribution in [-0.4, -0.2) is 163 Å². The number of amides is 9. The fourth-order valence-corrected chi connectivity index (χ4v) is 7.80. The number of aromatic amines is 1. The van der Waals surface area contributed by atoms with Crippen LogP contribution in [-0.2, 0) is 65.6 Å². The van der Waals surface area contributed by atoms with Crippen LogP contribution in [0.4, 0.5) is 0 Å². The molecule has 0 spiro atoms. The molecule has 2 heterocycles. The molecule has 1 fully saturated rings. The van der Waals surface area contributed by atoms with Crippen molar-refractivity contribution in [1.82, 2.24) is 52.1 Å². The highest BCUT2D eigenvalue weighted by atomic mass is 16.4. The maximum Gasteiger partial charge on any atom is 0.326 e. The third-order valence-electron chi connectivity index (χ3n) is 11.9. The molecule has 0 bridgehead atoms. The van der Waals surface area contributed by atoms with Crippen LogP contribution >= 0.6 is 0 Å². The number of aliphatic hydroxyl groups is 1. The first-order chi connectivity index (χ1) is 34.3. The zero-order valence-electron chi connectivity index (χ0n) is 41.7. The van der Waals surface area contributed by atoms with Gasteiger partial charge in [-0.1, -0.05) is 71.9 Å². The average Bonchev–Trinajstić information content (AvgIpc) is 4.04. The molecule has 0 radical (unpaired) electrons. The van der Waals surface area contributed by atoms with Crippen LogP contribution in [0.5, 0.6) is 0 Å². The number of nitrogens with two attached hydrogens (primary N) is 2. The van der Waals surface area contributed by atoms with E-state index in [1.807, 2.05) is 0 Å². The molecule has 26 heteroatoms. The summed E-state index contributed by atoms with van der Waals surface area (Å²) in [7, 11) is 0. The number of aliphatic carboxylic acids is 2. The normalized spacial score (nSPS) is 16.6. The number of hydrogen-bond donors (Lipinski definition) is 13. The van der Waals surface area contributed by atoms with Gasteiger partial charge in [-0.15, -0.1) is 0 Å². The van der Waals surface area contributed by atoms with E-state index < -0.39 is 163 Å². The van der Waals surface area contributed by atoms with Gasteiger partial charge < -0.3 is 73.9 Å². The highest BCUT2D eigenvalue weighted by Crippen LogP contribution is 2.22. The summed E-state index contributed by atoms with van der Waals surface area (Å²) in [5.74, 6) is -12.8. The van der Waals surface area contributed by atoms with Crippen molar-refractivity contribution in [2.24, 2.45) is 29.2 Å². The molecule has 1 aromatic carbocycles. The molecule has 1 aliphatic rings. The van der Waals surface area contributed by atoms with Gasteiger partial charge in [0.1, 0.15) is 48.3 Å². The summed E-state index contributed by atoms with van der Waals surface area (Å²) < 4.78 is 0. The van der Waals surface area contributed by atoms with E-state index in [4.69, 9.17) is 11.5 Å². The first kappa shape index (κ1) is 59.8. The average molecular weight is 1030 g/mol. The zero-order valence-corrected chi connectivity index (χ0v) is 41.7. The van der Waals surface area contributed by atoms with Gasteiger partial charge in [0.05, 0.1) is 25.4 Å². The van der Waals surface area contributed by atoms with Crippen LogP contribution in [0.2, 0.25) is 0 Å². The maximum absolute atomic E-state index is 14.4. The number of carboxylic acids is 2. The number of imidazole rings is 1. The van der Waals surface area contributed by atoms with E-state index in [1.165, 1.54) is 17.4 Å². The van der Waals surface area contributed by atoms with Gasteiger partial charge in [-0.05, 0) is 42.6 Å². The van der Waals surface area contributed by atoms with E-state index in [0.29, 0.717) is 17.7 Å². The predicted octanol–water partition coefficient (Wildman–Crippen LogP) is -3.31. The Morgan fingerprint density at radius 1 is 0.685 bits per heavy atom. The number of nitrogens with one attached hydrogen (secondary N) is 8. The second-order valence-corrected chi connectivity index (χ2v) is 18.8. The quantitative estimate of drug-likeness (QED) is 0.0379. The highest BCUT2D eigenvalue weighted by Gasteiger charge is 2.41. The van der Waals surface area contributed by atoms with Gasteiger partial charge in [0.25, 0.3) is 0 Å². The summed E-state index contributed by atoms with van der Waals surface area (Å²) in [6.45, 7) is 8.57. The van der Waals surface area contributed by atoms with Crippen molar-refractivity contribution in [3.8, 4) is 0 Å². The van der Waals surface area contributed by atoms with Crippen LogP contribution < -0.4 is 48.7 Å². The van der Waals surface area contributed by atoms with Crippen molar-refractivity contribution < 1.29 is 68.1 Å². The molecule has 0 saturated carbocycles. The van der Waals surface area contributed by atoms with E-state index >= 15 is 0 Å². The van der Waals surface area contributed by atoms with Crippen molar-refractivity contribution in [3.63, 3.8) is 0 Å². The van der Waals surface area contributed by atoms with Crippen molar-refractivity contribution in [1.29, 1.82) is 0 Å². The Bertz CT molecular complexity index is 2260. The number of carboxylic acid groups (broad SMARTS) is 2. The number of primary amides is 1. The number of rotatable bonds is 29. The van der Waals surface area contributed by atoms with Gasteiger partial charge in [0, 0.05) is 37.7 Å². The van der Waals surface area contributed by atoms with Gasteiger partial charge in [-0.25, -0.2) is 9.78 Å². The minimum absolute atomic E-state index is 0.0331. The number of aliphatic hydroxyl groups excluding tert-OH is 1. The minimum atomic E-state index is -1.83. The van der Waals surface area contributed by atoms with Crippen molar-refractivity contribution >= 4 is 65.1 Å². The summed E-state index contributed by atoms with van der Waals surface area (Å²) in [6.07, 6.45) is 1.34. The Kier molecular flexibility index (Phi) is 23.4. The van der Waals surface area contributed by atoms with Crippen molar-refractivity contribution in [2.75, 3.05) is 13.2 Å². The molecule has 0 aliphatic carbocycles. The standard InChI is InChI=1S/C47H70N12O14/c1-23(2)36(56-39(64)28(48)18-27-20-50-22-51-27)45(70)54-31(19-35(62)63)42(67)52-29(14-15-34(49)61)40(65)57-37(24(3)4)46(71)59-16-10-13-33(59)44(69)53-30(17-26-11-8-7-9-12-26)41(66)55-32(21-60)43(68)58-38(25(5)6)47(72)73/h7-9,11-12,20,22-25,28-33,36-38,60H,10,13-19,21,48H2,1-6H3,(H2,49,61)(H,50,51)(H,52,67)(H,53,69)(H,54,70)(H,55,66)(H,56,64)(H,57,65)(H,58,68)(H,62,63)(H,72,73). The molecule has 1 saturated heterocycles. The second-order valence-electron chi connectivity index (χ2n) is 18.8. The molecule has 1 aliphatic heterocycles. The number of hydrogen-bond acceptors (Lipinski definition) is 14. The largest absolute Gasteiger partial charge is 0.481 e. The highest BCUT2D eigenvalue weighted by molar-refractivity contribution is 5.99. The molecule has 402 valence electrons. The zero-order chi connectivity index (χ0) is 54.7. The lowest BCUT2D eigenvalue weighted by molar-refractivity contribution is -0.144. The summed E-state index contributed by atoms with van der Waals surface area (Å²) in [5, 5.41) is 46.5. The van der Waals surface area contributed by atoms with Gasteiger partial charge in [-0.2, -0.15) is 0 Å². The lowest BCUT2D eigenvalue weighted by Crippen LogP contribution is -2.61. The molecule has 9 amide bonds. The van der Waals surface area contributed by atoms with E-state index in [1.54, 1.807) is 71.9 Å². The fourth-order valence-electron chi connectivity index (χ4n) is 7.80. The van der Waals surface area contributed by atoms with Crippen LogP contribution in [0.25, 0.3) is 0 Å².